The van der Waals surface area contributed by atoms with Gasteiger partial charge in [0.2, 0.25) is 0 Å². The van der Waals surface area contributed by atoms with Gasteiger partial charge in [-0.2, -0.15) is 0 Å². The Labute approximate surface area is 151 Å². The van der Waals surface area contributed by atoms with Gasteiger partial charge in [0, 0.05) is 4.88 Å². The smallest absolute Gasteiger partial charge is 0.341 e. The maximum atomic E-state index is 12.6. The average Bonchev–Trinajstić information content (AvgIpc) is 3.09. The van der Waals surface area contributed by atoms with Crippen LogP contribution in [0, 0.1) is 6.92 Å². The zero-order chi connectivity index (χ0) is 17.8. The Balaban J connectivity index is 1.93. The Morgan fingerprint density at radius 1 is 1.28 bits per heavy atom. The van der Waals surface area contributed by atoms with Crippen molar-refractivity contribution in [2.24, 2.45) is 0 Å². The molecule has 5 nitrogen and oxygen atoms in total. The van der Waals surface area contributed by atoms with E-state index in [9.17, 15) is 9.59 Å². The molecule has 3 rings (SSSR count). The molecule has 0 spiro atoms. The quantitative estimate of drug-likeness (QED) is 0.617. The fourth-order valence-electron chi connectivity index (χ4n) is 3.10. The number of amides is 1. The van der Waals surface area contributed by atoms with Crippen molar-refractivity contribution in [3.8, 4) is 0 Å². The number of anilines is 1. The van der Waals surface area contributed by atoms with Gasteiger partial charge in [-0.3, -0.25) is 4.79 Å². The van der Waals surface area contributed by atoms with Crippen LogP contribution in [0.15, 0.2) is 16.7 Å². The fourth-order valence-corrected chi connectivity index (χ4v) is 4.38. The Morgan fingerprint density at radius 3 is 2.80 bits per heavy atom. The monoisotopic (exact) mass is 361 g/mol. The molecule has 0 aliphatic heterocycles. The summed E-state index contributed by atoms with van der Waals surface area (Å²) in [7, 11) is 0. The zero-order valence-electron chi connectivity index (χ0n) is 14.6. The standard InChI is InChI=1S/C19H23NO4S/c1-3-10-24-19(22)16-14-7-5-4-6-8-15(14)25-18(16)20-17(21)13-9-11-23-12(13)2/h9,11H,3-8,10H2,1-2H3,(H,20,21). The number of carbonyl (C=O) groups is 2. The predicted molar refractivity (Wildman–Crippen MR) is 97.5 cm³/mol. The number of nitrogens with one attached hydrogen (secondary N) is 1. The van der Waals surface area contributed by atoms with E-state index in [1.54, 1.807) is 13.0 Å². The molecule has 1 N–H and O–H groups in total. The van der Waals surface area contributed by atoms with E-state index in [1.807, 2.05) is 6.92 Å². The molecule has 0 aromatic carbocycles. The molecule has 0 radical (unpaired) electrons. The first kappa shape index (κ1) is 17.7. The largest absolute Gasteiger partial charge is 0.469 e. The maximum Gasteiger partial charge on any atom is 0.341 e. The first-order valence-corrected chi connectivity index (χ1v) is 9.60. The van der Waals surface area contributed by atoms with Gasteiger partial charge >= 0.3 is 5.97 Å². The van der Waals surface area contributed by atoms with E-state index >= 15 is 0 Å². The molecular weight excluding hydrogens is 338 g/mol. The minimum Gasteiger partial charge on any atom is -0.469 e. The summed E-state index contributed by atoms with van der Waals surface area (Å²) in [5.41, 5.74) is 2.09. The van der Waals surface area contributed by atoms with E-state index in [2.05, 4.69) is 5.32 Å². The number of hydrogen-bond acceptors (Lipinski definition) is 5. The third kappa shape index (κ3) is 3.79. The third-order valence-electron chi connectivity index (χ3n) is 4.39. The normalized spacial score (nSPS) is 13.8. The number of hydrogen-bond donors (Lipinski definition) is 1. The lowest BCUT2D eigenvalue weighted by atomic mass is 10.1. The maximum absolute atomic E-state index is 12.6. The first-order chi connectivity index (χ1) is 12.1. The second kappa shape index (κ2) is 7.87. The summed E-state index contributed by atoms with van der Waals surface area (Å²) in [6, 6.07) is 1.64. The molecule has 0 unspecified atom stereocenters. The van der Waals surface area contributed by atoms with Gasteiger partial charge in [0.25, 0.3) is 5.91 Å². The molecule has 0 saturated heterocycles. The highest BCUT2D eigenvalue weighted by Gasteiger charge is 2.27. The lowest BCUT2D eigenvalue weighted by Gasteiger charge is -2.09. The summed E-state index contributed by atoms with van der Waals surface area (Å²) in [6.07, 6.45) is 7.42. The van der Waals surface area contributed by atoms with Crippen LogP contribution in [0.1, 0.15) is 69.5 Å². The molecule has 0 saturated carbocycles. The van der Waals surface area contributed by atoms with Crippen molar-refractivity contribution in [3.05, 3.63) is 39.7 Å². The van der Waals surface area contributed by atoms with Crippen LogP contribution in [0.5, 0.6) is 0 Å². The number of esters is 1. The van der Waals surface area contributed by atoms with Crippen LogP contribution >= 0.6 is 11.3 Å². The molecule has 0 fully saturated rings. The first-order valence-electron chi connectivity index (χ1n) is 8.79. The molecule has 2 aromatic rings. The highest BCUT2D eigenvalue weighted by atomic mass is 32.1. The topological polar surface area (TPSA) is 68.5 Å². The summed E-state index contributed by atoms with van der Waals surface area (Å²) in [5.74, 6) is -0.0293. The summed E-state index contributed by atoms with van der Waals surface area (Å²) in [6.45, 7) is 4.10. The van der Waals surface area contributed by atoms with E-state index in [4.69, 9.17) is 9.15 Å². The van der Waals surface area contributed by atoms with E-state index < -0.39 is 0 Å². The number of rotatable bonds is 5. The van der Waals surface area contributed by atoms with Crippen molar-refractivity contribution in [1.29, 1.82) is 0 Å². The van der Waals surface area contributed by atoms with Gasteiger partial charge < -0.3 is 14.5 Å². The molecule has 1 aliphatic carbocycles. The Kier molecular flexibility index (Phi) is 5.58. The van der Waals surface area contributed by atoms with Gasteiger partial charge in [-0.1, -0.05) is 13.3 Å². The van der Waals surface area contributed by atoms with E-state index in [0.29, 0.717) is 28.5 Å². The van der Waals surface area contributed by atoms with Gasteiger partial charge in [-0.15, -0.1) is 11.3 Å². The second-order valence-corrected chi connectivity index (χ2v) is 7.35. The molecular formula is C19H23NO4S. The lowest BCUT2D eigenvalue weighted by Crippen LogP contribution is -2.15. The Hall–Kier alpha value is -2.08. The van der Waals surface area contributed by atoms with E-state index in [0.717, 1.165) is 37.7 Å². The van der Waals surface area contributed by atoms with Crippen LogP contribution in [0.25, 0.3) is 0 Å². The van der Waals surface area contributed by atoms with Crippen LogP contribution < -0.4 is 5.32 Å². The second-order valence-electron chi connectivity index (χ2n) is 6.25. The average molecular weight is 361 g/mol. The van der Waals surface area contributed by atoms with Crippen molar-refractivity contribution < 1.29 is 18.7 Å². The highest BCUT2D eigenvalue weighted by molar-refractivity contribution is 7.17. The molecule has 0 atom stereocenters. The number of furan rings is 1. The lowest BCUT2D eigenvalue weighted by molar-refractivity contribution is 0.0505. The number of thiophene rings is 1. The summed E-state index contributed by atoms with van der Waals surface area (Å²) < 4.78 is 10.6. The molecule has 6 heteroatoms. The minimum atomic E-state index is -0.333. The summed E-state index contributed by atoms with van der Waals surface area (Å²) in [5, 5.41) is 3.50. The van der Waals surface area contributed by atoms with Gasteiger partial charge in [0.05, 0.1) is 24.0 Å². The zero-order valence-corrected chi connectivity index (χ0v) is 15.5. The van der Waals surface area contributed by atoms with Gasteiger partial charge in [-0.25, -0.2) is 4.79 Å². The van der Waals surface area contributed by atoms with Crippen LogP contribution in [0.3, 0.4) is 0 Å². The Morgan fingerprint density at radius 2 is 2.08 bits per heavy atom. The summed E-state index contributed by atoms with van der Waals surface area (Å²) >= 11 is 1.51. The number of ether oxygens (including phenoxy) is 1. The van der Waals surface area contributed by atoms with Gasteiger partial charge in [0.1, 0.15) is 10.8 Å². The van der Waals surface area contributed by atoms with E-state index in [1.165, 1.54) is 28.9 Å². The SMILES string of the molecule is CCCOC(=O)c1c(NC(=O)c2ccoc2C)sc2c1CCCCC2. The number of fused-ring (bicyclic) bond motifs is 1. The van der Waals surface area contributed by atoms with Crippen LogP contribution in [-0.4, -0.2) is 18.5 Å². The van der Waals surface area contributed by atoms with Crippen molar-refractivity contribution >= 4 is 28.2 Å². The highest BCUT2D eigenvalue weighted by Crippen LogP contribution is 2.38. The molecule has 2 aromatic heterocycles. The van der Waals surface area contributed by atoms with Crippen LogP contribution in [-0.2, 0) is 17.6 Å². The molecule has 2 heterocycles. The minimum absolute atomic E-state index is 0.257. The molecule has 25 heavy (non-hydrogen) atoms. The van der Waals surface area contributed by atoms with Crippen LogP contribution in [0.4, 0.5) is 5.00 Å². The summed E-state index contributed by atoms with van der Waals surface area (Å²) in [4.78, 5) is 26.4. The van der Waals surface area contributed by atoms with Gasteiger partial charge in [0.15, 0.2) is 0 Å². The number of carbonyl (C=O) groups excluding carboxylic acids is 2. The van der Waals surface area contributed by atoms with Gasteiger partial charge in [-0.05, 0) is 50.7 Å². The molecule has 0 bridgehead atoms. The molecule has 1 amide bonds. The fraction of sp³-hybridized carbons (Fsp3) is 0.474. The van der Waals surface area contributed by atoms with Crippen molar-refractivity contribution in [3.63, 3.8) is 0 Å². The molecule has 134 valence electrons. The van der Waals surface area contributed by atoms with Crippen molar-refractivity contribution in [1.82, 2.24) is 0 Å². The third-order valence-corrected chi connectivity index (χ3v) is 5.60. The van der Waals surface area contributed by atoms with E-state index in [-0.39, 0.29) is 11.9 Å². The van der Waals surface area contributed by atoms with Crippen LogP contribution in [0.2, 0.25) is 0 Å². The Bertz CT molecular complexity index is 774. The number of aryl methyl sites for hydroxylation is 2. The molecule has 1 aliphatic rings. The predicted octanol–water partition coefficient (Wildman–Crippen LogP) is 4.74. The van der Waals surface area contributed by atoms with Crippen molar-refractivity contribution in [2.45, 2.75) is 52.4 Å². The van der Waals surface area contributed by atoms with Crippen molar-refractivity contribution in [2.75, 3.05) is 11.9 Å².